The molecule has 0 spiro atoms. The predicted molar refractivity (Wildman–Crippen MR) is 65.5 cm³/mol. The molecule has 0 radical (unpaired) electrons. The van der Waals surface area contributed by atoms with E-state index in [-0.39, 0.29) is 12.1 Å². The zero-order valence-corrected chi connectivity index (χ0v) is 9.74. The molecule has 0 saturated carbocycles. The maximum absolute atomic E-state index is 12.0. The molecule has 1 aliphatic heterocycles. The minimum atomic E-state index is -0.172. The summed E-state index contributed by atoms with van der Waals surface area (Å²) in [5, 5.41) is 2.98. The number of carbonyl (C=O) groups excluding carboxylic acids is 1. The van der Waals surface area contributed by atoms with Crippen molar-refractivity contribution in [3.05, 3.63) is 48.5 Å². The number of nitrogens with zero attached hydrogens (tertiary/aromatic N) is 2. The van der Waals surface area contributed by atoms with Crippen LogP contribution in [0, 0.1) is 0 Å². The molecule has 1 amide bonds. The summed E-state index contributed by atoms with van der Waals surface area (Å²) < 4.78 is 6.98. The Morgan fingerprint density at radius 3 is 3.17 bits per heavy atom. The first-order valence-corrected chi connectivity index (χ1v) is 5.85. The Bertz CT molecular complexity index is 551. The van der Waals surface area contributed by atoms with Gasteiger partial charge in [-0.3, -0.25) is 4.57 Å². The lowest BCUT2D eigenvalue weighted by Gasteiger charge is -2.26. The number of benzene rings is 1. The molecule has 5 heteroatoms. The van der Waals surface area contributed by atoms with Crippen LogP contribution in [0.4, 0.5) is 4.79 Å². The third-order valence-electron chi connectivity index (χ3n) is 3.00. The van der Waals surface area contributed by atoms with E-state index >= 15 is 0 Å². The van der Waals surface area contributed by atoms with Crippen molar-refractivity contribution < 1.29 is 9.53 Å². The van der Waals surface area contributed by atoms with Crippen LogP contribution in [0.2, 0.25) is 0 Å². The van der Waals surface area contributed by atoms with E-state index < -0.39 is 0 Å². The first kappa shape index (κ1) is 10.8. The molecular weight excluding hydrogens is 230 g/mol. The van der Waals surface area contributed by atoms with E-state index in [9.17, 15) is 4.79 Å². The van der Waals surface area contributed by atoms with Crippen LogP contribution in [-0.2, 0) is 0 Å². The summed E-state index contributed by atoms with van der Waals surface area (Å²) in [5.41, 5.74) is 1.03. The number of para-hydroxylation sites is 1. The summed E-state index contributed by atoms with van der Waals surface area (Å²) in [4.78, 5) is 15.8. The number of carbonyl (C=O) groups is 1. The Balaban J connectivity index is 1.80. The van der Waals surface area contributed by atoms with Gasteiger partial charge in [-0.2, -0.15) is 0 Å². The summed E-state index contributed by atoms with van der Waals surface area (Å²) >= 11 is 0. The molecule has 92 valence electrons. The lowest BCUT2D eigenvalue weighted by molar-refractivity contribution is 0.224. The summed E-state index contributed by atoms with van der Waals surface area (Å²) in [5.74, 6) is 0.847. The molecule has 1 N–H and O–H groups in total. The molecule has 0 fully saturated rings. The van der Waals surface area contributed by atoms with Crippen LogP contribution in [0.1, 0.15) is 18.0 Å². The number of imidazole rings is 1. The Labute approximate surface area is 104 Å². The van der Waals surface area contributed by atoms with Gasteiger partial charge in [0.25, 0.3) is 0 Å². The number of nitrogens with one attached hydrogen (secondary N) is 1. The van der Waals surface area contributed by atoms with Crippen LogP contribution in [0.25, 0.3) is 0 Å². The maximum Gasteiger partial charge on any atom is 0.327 e. The van der Waals surface area contributed by atoms with E-state index in [4.69, 9.17) is 4.74 Å². The van der Waals surface area contributed by atoms with Gasteiger partial charge in [0.15, 0.2) is 0 Å². The van der Waals surface area contributed by atoms with Crippen LogP contribution in [0.3, 0.4) is 0 Å². The van der Waals surface area contributed by atoms with Crippen LogP contribution >= 0.6 is 0 Å². The molecule has 3 rings (SSSR count). The molecule has 1 atom stereocenters. The second-order valence-corrected chi connectivity index (χ2v) is 4.15. The molecule has 18 heavy (non-hydrogen) atoms. The van der Waals surface area contributed by atoms with Gasteiger partial charge in [0.1, 0.15) is 12.1 Å². The first-order valence-electron chi connectivity index (χ1n) is 5.85. The summed E-state index contributed by atoms with van der Waals surface area (Å²) in [6.45, 7) is 0.617. The van der Waals surface area contributed by atoms with E-state index in [1.807, 2.05) is 24.3 Å². The zero-order chi connectivity index (χ0) is 12.4. The van der Waals surface area contributed by atoms with Gasteiger partial charge in [-0.1, -0.05) is 18.2 Å². The van der Waals surface area contributed by atoms with Crippen molar-refractivity contribution in [2.45, 2.75) is 12.5 Å². The highest BCUT2D eigenvalue weighted by atomic mass is 16.5. The quantitative estimate of drug-likeness (QED) is 0.833. The van der Waals surface area contributed by atoms with Gasteiger partial charge in [0, 0.05) is 24.4 Å². The summed E-state index contributed by atoms with van der Waals surface area (Å²) in [6.07, 6.45) is 5.47. The Morgan fingerprint density at radius 2 is 2.33 bits per heavy atom. The van der Waals surface area contributed by atoms with Crippen molar-refractivity contribution in [3.63, 3.8) is 0 Å². The number of fused-ring (bicyclic) bond motifs is 1. The maximum atomic E-state index is 12.0. The standard InChI is InChI=1S/C13H13N3O2/c17-13(16-7-6-14-9-16)15-11-5-8-18-12-4-2-1-3-10(11)12/h1-4,6-7,9,11H,5,8H2,(H,15,17). The number of amides is 1. The van der Waals surface area contributed by atoms with Crippen molar-refractivity contribution >= 4 is 6.03 Å². The highest BCUT2D eigenvalue weighted by Gasteiger charge is 2.22. The molecule has 1 aromatic carbocycles. The zero-order valence-electron chi connectivity index (χ0n) is 9.74. The van der Waals surface area contributed by atoms with Gasteiger partial charge in [0.2, 0.25) is 0 Å². The number of hydrogen-bond donors (Lipinski definition) is 1. The third-order valence-corrected chi connectivity index (χ3v) is 3.00. The molecule has 0 bridgehead atoms. The van der Waals surface area contributed by atoms with Gasteiger partial charge in [0.05, 0.1) is 12.6 Å². The van der Waals surface area contributed by atoms with Gasteiger partial charge in [-0.05, 0) is 6.07 Å². The molecular formula is C13H13N3O2. The second-order valence-electron chi connectivity index (χ2n) is 4.15. The van der Waals surface area contributed by atoms with E-state index in [0.29, 0.717) is 6.61 Å². The highest BCUT2D eigenvalue weighted by Crippen LogP contribution is 2.31. The molecule has 1 aliphatic rings. The fraction of sp³-hybridized carbons (Fsp3) is 0.231. The lowest BCUT2D eigenvalue weighted by Crippen LogP contribution is -2.34. The first-order chi connectivity index (χ1) is 8.84. The molecule has 2 aromatic rings. The van der Waals surface area contributed by atoms with E-state index in [2.05, 4.69) is 10.3 Å². The van der Waals surface area contributed by atoms with Crippen molar-refractivity contribution in [3.8, 4) is 5.75 Å². The SMILES string of the molecule is O=C(NC1CCOc2ccccc21)n1ccnc1. The molecule has 2 heterocycles. The van der Waals surface area contributed by atoms with Crippen LogP contribution in [0.15, 0.2) is 43.0 Å². The predicted octanol–water partition coefficient (Wildman–Crippen LogP) is 1.96. The monoisotopic (exact) mass is 243 g/mol. The fourth-order valence-corrected chi connectivity index (χ4v) is 2.09. The minimum Gasteiger partial charge on any atom is -0.493 e. The normalized spacial score (nSPS) is 17.7. The van der Waals surface area contributed by atoms with E-state index in [1.54, 1.807) is 12.4 Å². The van der Waals surface area contributed by atoms with E-state index in [1.165, 1.54) is 10.9 Å². The Hall–Kier alpha value is -2.30. The van der Waals surface area contributed by atoms with Crippen LogP contribution in [-0.4, -0.2) is 22.2 Å². The fourth-order valence-electron chi connectivity index (χ4n) is 2.09. The van der Waals surface area contributed by atoms with Gasteiger partial charge in [-0.15, -0.1) is 0 Å². The topological polar surface area (TPSA) is 56.1 Å². The molecule has 5 nitrogen and oxygen atoms in total. The average molecular weight is 243 g/mol. The number of aromatic nitrogens is 2. The van der Waals surface area contributed by atoms with Crippen molar-refractivity contribution in [2.24, 2.45) is 0 Å². The number of ether oxygens (including phenoxy) is 1. The molecule has 1 aromatic heterocycles. The highest BCUT2D eigenvalue weighted by molar-refractivity contribution is 5.77. The van der Waals surface area contributed by atoms with Crippen molar-refractivity contribution in [1.82, 2.24) is 14.9 Å². The van der Waals surface area contributed by atoms with Gasteiger partial charge in [-0.25, -0.2) is 9.78 Å². The lowest BCUT2D eigenvalue weighted by atomic mass is 10.0. The second kappa shape index (κ2) is 4.52. The number of rotatable bonds is 1. The number of hydrogen-bond acceptors (Lipinski definition) is 3. The van der Waals surface area contributed by atoms with Crippen LogP contribution in [0.5, 0.6) is 5.75 Å². The minimum absolute atomic E-state index is 0.00940. The van der Waals surface area contributed by atoms with Gasteiger partial charge >= 0.3 is 6.03 Å². The van der Waals surface area contributed by atoms with Crippen LogP contribution < -0.4 is 10.1 Å². The average Bonchev–Trinajstić information content (AvgIpc) is 2.93. The van der Waals surface area contributed by atoms with Crippen molar-refractivity contribution in [1.29, 1.82) is 0 Å². The van der Waals surface area contributed by atoms with E-state index in [0.717, 1.165) is 17.7 Å². The van der Waals surface area contributed by atoms with Gasteiger partial charge < -0.3 is 10.1 Å². The summed E-state index contributed by atoms with van der Waals surface area (Å²) in [6, 6.07) is 7.60. The smallest absolute Gasteiger partial charge is 0.327 e. The van der Waals surface area contributed by atoms with Crippen molar-refractivity contribution in [2.75, 3.05) is 6.61 Å². The molecule has 0 aliphatic carbocycles. The largest absolute Gasteiger partial charge is 0.493 e. The Morgan fingerprint density at radius 1 is 1.44 bits per heavy atom. The third kappa shape index (κ3) is 1.95. The Kier molecular flexibility index (Phi) is 2.72. The molecule has 1 unspecified atom stereocenters. The summed E-state index contributed by atoms with van der Waals surface area (Å²) in [7, 11) is 0. The molecule has 0 saturated heterocycles.